The average Bonchev–Trinajstić information content (AvgIpc) is 2.68. The van der Waals surface area contributed by atoms with Crippen LogP contribution < -0.4 is 4.90 Å². The smallest absolute Gasteiger partial charge is 0.126 e. The van der Waals surface area contributed by atoms with Crippen LogP contribution in [-0.4, -0.2) is 18.9 Å². The van der Waals surface area contributed by atoms with Gasteiger partial charge in [-0.3, -0.25) is 4.99 Å². The van der Waals surface area contributed by atoms with Crippen LogP contribution >= 0.6 is 0 Å². The van der Waals surface area contributed by atoms with E-state index in [0.29, 0.717) is 0 Å². The molecular formula is C25H26N2. The number of nitrogens with zero attached hydrogens (tertiary/aromatic N) is 2. The minimum atomic E-state index is 0.0531. The Labute approximate surface area is 162 Å². The Morgan fingerprint density at radius 2 is 1.26 bits per heavy atom. The molecule has 1 aliphatic heterocycles. The Bertz CT molecular complexity index is 963. The number of para-hydroxylation sites is 1. The molecule has 0 N–H and O–H groups in total. The fraction of sp³-hybridized carbons (Fsp3) is 0.240. The van der Waals surface area contributed by atoms with E-state index < -0.39 is 0 Å². The molecule has 1 aliphatic rings. The molecule has 27 heavy (non-hydrogen) atoms. The molecule has 1 heterocycles. The van der Waals surface area contributed by atoms with Crippen LogP contribution in [0.25, 0.3) is 11.1 Å². The van der Waals surface area contributed by atoms with E-state index in [-0.39, 0.29) is 11.6 Å². The number of hydrogen-bond acceptors (Lipinski definition) is 2. The highest BCUT2D eigenvalue weighted by Gasteiger charge is 2.33. The van der Waals surface area contributed by atoms with Crippen LogP contribution in [0, 0.1) is 5.41 Å². The van der Waals surface area contributed by atoms with E-state index in [1.807, 2.05) is 0 Å². The topological polar surface area (TPSA) is 15.6 Å². The first kappa shape index (κ1) is 17.5. The average molecular weight is 354 g/mol. The van der Waals surface area contributed by atoms with Gasteiger partial charge in [0.15, 0.2) is 0 Å². The van der Waals surface area contributed by atoms with Crippen molar-refractivity contribution in [1.29, 1.82) is 0 Å². The molecule has 4 rings (SSSR count). The second kappa shape index (κ2) is 6.70. The van der Waals surface area contributed by atoms with Gasteiger partial charge >= 0.3 is 0 Å². The largest absolute Gasteiger partial charge is 0.352 e. The Balaban J connectivity index is 1.79. The van der Waals surface area contributed by atoms with Crippen molar-refractivity contribution < 1.29 is 0 Å². The number of anilines is 1. The predicted molar refractivity (Wildman–Crippen MR) is 116 cm³/mol. The molecule has 1 unspecified atom stereocenters. The van der Waals surface area contributed by atoms with Gasteiger partial charge in [-0.2, -0.15) is 0 Å². The van der Waals surface area contributed by atoms with Crippen LogP contribution in [0.4, 0.5) is 5.69 Å². The Kier molecular flexibility index (Phi) is 4.35. The van der Waals surface area contributed by atoms with Crippen LogP contribution in [0.3, 0.4) is 0 Å². The van der Waals surface area contributed by atoms with E-state index in [1.54, 1.807) is 0 Å². The zero-order valence-corrected chi connectivity index (χ0v) is 16.5. The quantitative estimate of drug-likeness (QED) is 0.550. The van der Waals surface area contributed by atoms with Crippen molar-refractivity contribution in [3.05, 3.63) is 90.0 Å². The summed E-state index contributed by atoms with van der Waals surface area (Å²) in [5.74, 6) is 0. The molecule has 136 valence electrons. The van der Waals surface area contributed by atoms with Crippen molar-refractivity contribution in [1.82, 2.24) is 0 Å². The lowest BCUT2D eigenvalue weighted by Crippen LogP contribution is -2.44. The molecule has 2 heteroatoms. The van der Waals surface area contributed by atoms with Crippen LogP contribution in [0.2, 0.25) is 0 Å². The molecule has 0 spiro atoms. The third-order valence-corrected chi connectivity index (χ3v) is 5.20. The summed E-state index contributed by atoms with van der Waals surface area (Å²) in [7, 11) is 2.15. The molecule has 0 aliphatic carbocycles. The highest BCUT2D eigenvalue weighted by Crippen LogP contribution is 2.36. The van der Waals surface area contributed by atoms with Crippen LogP contribution in [0.15, 0.2) is 83.9 Å². The van der Waals surface area contributed by atoms with Crippen molar-refractivity contribution in [2.24, 2.45) is 10.4 Å². The van der Waals surface area contributed by atoms with Crippen molar-refractivity contribution >= 4 is 11.4 Å². The molecule has 3 aromatic rings. The Hall–Kier alpha value is -2.87. The summed E-state index contributed by atoms with van der Waals surface area (Å²) in [6.07, 6.45) is 0.108. The highest BCUT2D eigenvalue weighted by molar-refractivity contribution is 6.17. The van der Waals surface area contributed by atoms with Gasteiger partial charge < -0.3 is 4.90 Å². The van der Waals surface area contributed by atoms with Gasteiger partial charge in [0.25, 0.3) is 0 Å². The van der Waals surface area contributed by atoms with Gasteiger partial charge in [0.1, 0.15) is 6.17 Å². The van der Waals surface area contributed by atoms with Crippen LogP contribution in [0.5, 0.6) is 0 Å². The summed E-state index contributed by atoms with van der Waals surface area (Å²) in [6, 6.07) is 27.9. The van der Waals surface area contributed by atoms with E-state index in [9.17, 15) is 0 Å². The number of benzene rings is 3. The first-order valence-electron chi connectivity index (χ1n) is 9.51. The summed E-state index contributed by atoms with van der Waals surface area (Å²) < 4.78 is 0. The van der Waals surface area contributed by atoms with Gasteiger partial charge in [-0.1, -0.05) is 93.6 Å². The molecule has 0 radical (unpaired) electrons. The zero-order valence-electron chi connectivity index (χ0n) is 16.5. The van der Waals surface area contributed by atoms with E-state index in [1.165, 1.54) is 27.9 Å². The summed E-state index contributed by atoms with van der Waals surface area (Å²) in [5, 5.41) is 0. The third-order valence-electron chi connectivity index (χ3n) is 5.20. The molecule has 0 aromatic heterocycles. The maximum absolute atomic E-state index is 5.19. The molecule has 0 fully saturated rings. The Morgan fingerprint density at radius 3 is 1.93 bits per heavy atom. The van der Waals surface area contributed by atoms with Gasteiger partial charge in [-0.15, -0.1) is 0 Å². The SMILES string of the molecule is CN1c2ccccc2C(c2ccc(-c3ccccc3)cc2)=NC1C(C)(C)C. The van der Waals surface area contributed by atoms with Crippen molar-refractivity contribution in [3.63, 3.8) is 0 Å². The van der Waals surface area contributed by atoms with E-state index in [0.717, 1.165) is 5.71 Å². The van der Waals surface area contributed by atoms with Crippen molar-refractivity contribution in [3.8, 4) is 11.1 Å². The van der Waals surface area contributed by atoms with E-state index in [2.05, 4.69) is 112 Å². The van der Waals surface area contributed by atoms with Crippen molar-refractivity contribution in [2.45, 2.75) is 26.9 Å². The summed E-state index contributed by atoms with van der Waals surface area (Å²) in [5.41, 5.74) is 7.23. The zero-order chi connectivity index (χ0) is 19.0. The molecule has 0 saturated heterocycles. The fourth-order valence-corrected chi connectivity index (χ4v) is 3.85. The van der Waals surface area contributed by atoms with E-state index >= 15 is 0 Å². The van der Waals surface area contributed by atoms with Gasteiger partial charge in [-0.25, -0.2) is 0 Å². The molecule has 0 saturated carbocycles. The van der Waals surface area contributed by atoms with Gasteiger partial charge in [0.2, 0.25) is 0 Å². The number of rotatable bonds is 2. The second-order valence-corrected chi connectivity index (χ2v) is 8.29. The fourth-order valence-electron chi connectivity index (χ4n) is 3.85. The molecule has 2 nitrogen and oxygen atoms in total. The second-order valence-electron chi connectivity index (χ2n) is 8.29. The van der Waals surface area contributed by atoms with Crippen molar-refractivity contribution in [2.75, 3.05) is 11.9 Å². The summed E-state index contributed by atoms with van der Waals surface area (Å²) >= 11 is 0. The Morgan fingerprint density at radius 1 is 0.704 bits per heavy atom. The lowest BCUT2D eigenvalue weighted by atomic mass is 9.88. The van der Waals surface area contributed by atoms with Gasteiger partial charge in [-0.05, 0) is 17.2 Å². The van der Waals surface area contributed by atoms with Crippen LogP contribution in [0.1, 0.15) is 31.9 Å². The first-order chi connectivity index (χ1) is 12.9. The minimum absolute atomic E-state index is 0.0531. The molecule has 0 amide bonds. The number of fused-ring (bicyclic) bond motifs is 1. The highest BCUT2D eigenvalue weighted by atomic mass is 15.3. The standard InChI is InChI=1S/C25H26N2/c1-25(2,3)24-26-23(21-12-8-9-13-22(21)27(24)4)20-16-14-19(15-17-20)18-10-6-5-7-11-18/h5-17,24H,1-4H3. The number of aliphatic imine (C=N–C) groups is 1. The molecular weight excluding hydrogens is 328 g/mol. The lowest BCUT2D eigenvalue weighted by molar-refractivity contribution is 0.318. The van der Waals surface area contributed by atoms with Gasteiger partial charge in [0.05, 0.1) is 5.71 Å². The third kappa shape index (κ3) is 3.28. The molecule has 0 bridgehead atoms. The molecule has 3 aromatic carbocycles. The lowest BCUT2D eigenvalue weighted by Gasteiger charge is -2.41. The normalized spacial score (nSPS) is 16.7. The maximum Gasteiger partial charge on any atom is 0.126 e. The molecule has 1 atom stereocenters. The summed E-state index contributed by atoms with van der Waals surface area (Å²) in [4.78, 5) is 7.49. The maximum atomic E-state index is 5.19. The summed E-state index contributed by atoms with van der Waals surface area (Å²) in [6.45, 7) is 6.76. The van der Waals surface area contributed by atoms with Gasteiger partial charge in [0, 0.05) is 29.3 Å². The van der Waals surface area contributed by atoms with E-state index in [4.69, 9.17) is 4.99 Å². The first-order valence-corrected chi connectivity index (χ1v) is 9.51. The predicted octanol–water partition coefficient (Wildman–Crippen LogP) is 6.01. The monoisotopic (exact) mass is 354 g/mol. The minimum Gasteiger partial charge on any atom is -0.352 e. The number of hydrogen-bond donors (Lipinski definition) is 0. The van der Waals surface area contributed by atoms with Crippen LogP contribution in [-0.2, 0) is 0 Å².